The Morgan fingerprint density at radius 3 is 2.62 bits per heavy atom. The fourth-order valence-electron chi connectivity index (χ4n) is 1.69. The lowest BCUT2D eigenvalue weighted by Gasteiger charge is -2.07. The van der Waals surface area contributed by atoms with Gasteiger partial charge >= 0.3 is 0 Å². The van der Waals surface area contributed by atoms with Crippen molar-refractivity contribution in [3.05, 3.63) is 53.6 Å². The zero-order valence-corrected chi connectivity index (χ0v) is 11.8. The van der Waals surface area contributed by atoms with E-state index in [0.717, 1.165) is 6.42 Å². The minimum Gasteiger partial charge on any atom is -0.352 e. The van der Waals surface area contributed by atoms with Crippen LogP contribution in [0.2, 0.25) is 0 Å². The van der Waals surface area contributed by atoms with Gasteiger partial charge in [0.1, 0.15) is 5.82 Å². The van der Waals surface area contributed by atoms with Crippen molar-refractivity contribution in [1.82, 2.24) is 15.3 Å². The lowest BCUT2D eigenvalue weighted by Crippen LogP contribution is -2.24. The van der Waals surface area contributed by atoms with Crippen molar-refractivity contribution in [2.75, 3.05) is 11.9 Å². The van der Waals surface area contributed by atoms with Crippen LogP contribution in [-0.4, -0.2) is 22.4 Å². The molecule has 1 aromatic carbocycles. The second kappa shape index (κ2) is 7.33. The summed E-state index contributed by atoms with van der Waals surface area (Å²) in [7, 11) is 0. The molecular weight excluding hydrogens is 271 g/mol. The Labute approximate surface area is 122 Å². The monoisotopic (exact) mass is 288 g/mol. The summed E-state index contributed by atoms with van der Waals surface area (Å²) in [4.78, 5) is 19.8. The van der Waals surface area contributed by atoms with Crippen molar-refractivity contribution < 1.29 is 9.18 Å². The Hall–Kier alpha value is -2.50. The van der Waals surface area contributed by atoms with E-state index in [1.807, 2.05) is 6.92 Å². The Morgan fingerprint density at radius 2 is 1.95 bits per heavy atom. The summed E-state index contributed by atoms with van der Waals surface area (Å²) in [5, 5.41) is 5.66. The van der Waals surface area contributed by atoms with Crippen LogP contribution in [0, 0.1) is 5.82 Å². The van der Waals surface area contributed by atoms with Crippen molar-refractivity contribution in [1.29, 1.82) is 0 Å². The molecule has 2 aromatic rings. The third kappa shape index (κ3) is 4.24. The molecule has 0 saturated heterocycles. The van der Waals surface area contributed by atoms with Gasteiger partial charge in [-0.05, 0) is 12.5 Å². The average Bonchev–Trinajstić information content (AvgIpc) is 2.52. The number of hydrogen-bond acceptors (Lipinski definition) is 4. The molecule has 6 heteroatoms. The third-order valence-electron chi connectivity index (χ3n) is 2.84. The maximum atomic E-state index is 13.4. The number of rotatable bonds is 6. The number of nitrogens with zero attached hydrogens (tertiary/aromatic N) is 2. The number of amides is 1. The SMILES string of the molecule is CCCNC(=O)c1cnc(NCc2ccccc2F)nc1. The zero-order chi connectivity index (χ0) is 15.1. The first-order chi connectivity index (χ1) is 10.2. The van der Waals surface area contributed by atoms with Crippen molar-refractivity contribution in [3.8, 4) is 0 Å². The van der Waals surface area contributed by atoms with E-state index in [2.05, 4.69) is 20.6 Å². The molecule has 0 aliphatic rings. The normalized spacial score (nSPS) is 10.2. The molecule has 21 heavy (non-hydrogen) atoms. The molecule has 110 valence electrons. The van der Waals surface area contributed by atoms with Gasteiger partial charge in [0.25, 0.3) is 5.91 Å². The number of anilines is 1. The Bertz CT molecular complexity index is 601. The van der Waals surface area contributed by atoms with Gasteiger partial charge in [0, 0.05) is 31.0 Å². The van der Waals surface area contributed by atoms with Crippen LogP contribution in [0.15, 0.2) is 36.7 Å². The molecule has 0 aliphatic heterocycles. The maximum absolute atomic E-state index is 13.4. The summed E-state index contributed by atoms with van der Waals surface area (Å²) >= 11 is 0. The van der Waals surface area contributed by atoms with Gasteiger partial charge in [0.05, 0.1) is 5.56 Å². The van der Waals surface area contributed by atoms with Crippen LogP contribution in [0.5, 0.6) is 0 Å². The van der Waals surface area contributed by atoms with Crippen molar-refractivity contribution in [3.63, 3.8) is 0 Å². The van der Waals surface area contributed by atoms with Crippen LogP contribution in [0.1, 0.15) is 29.3 Å². The lowest BCUT2D eigenvalue weighted by atomic mass is 10.2. The fraction of sp³-hybridized carbons (Fsp3) is 0.267. The minimum atomic E-state index is -0.277. The Kier molecular flexibility index (Phi) is 5.20. The summed E-state index contributed by atoms with van der Waals surface area (Å²) in [5.74, 6) is -0.122. The summed E-state index contributed by atoms with van der Waals surface area (Å²) in [6, 6.07) is 6.50. The highest BCUT2D eigenvalue weighted by molar-refractivity contribution is 5.93. The number of benzene rings is 1. The second-order valence-corrected chi connectivity index (χ2v) is 4.50. The van der Waals surface area contributed by atoms with Crippen LogP contribution in [0.25, 0.3) is 0 Å². The van der Waals surface area contributed by atoms with Crippen molar-refractivity contribution in [2.24, 2.45) is 0 Å². The van der Waals surface area contributed by atoms with Crippen LogP contribution < -0.4 is 10.6 Å². The quantitative estimate of drug-likeness (QED) is 0.856. The van der Waals surface area contributed by atoms with Crippen molar-refractivity contribution in [2.45, 2.75) is 19.9 Å². The second-order valence-electron chi connectivity index (χ2n) is 4.50. The molecule has 0 fully saturated rings. The molecule has 1 heterocycles. The van der Waals surface area contributed by atoms with E-state index >= 15 is 0 Å². The van der Waals surface area contributed by atoms with Gasteiger partial charge in [-0.2, -0.15) is 0 Å². The predicted molar refractivity (Wildman–Crippen MR) is 78.4 cm³/mol. The van der Waals surface area contributed by atoms with Gasteiger partial charge < -0.3 is 10.6 Å². The predicted octanol–water partition coefficient (Wildman–Crippen LogP) is 2.37. The molecule has 2 N–H and O–H groups in total. The van der Waals surface area contributed by atoms with E-state index in [9.17, 15) is 9.18 Å². The van der Waals surface area contributed by atoms with Gasteiger partial charge in [0.2, 0.25) is 5.95 Å². The summed E-state index contributed by atoms with van der Waals surface area (Å²) in [6.45, 7) is 2.88. The standard InChI is InChI=1S/C15H17FN4O/c1-2-7-17-14(21)12-9-19-15(20-10-12)18-8-11-5-3-4-6-13(11)16/h3-6,9-10H,2,7-8H2,1H3,(H,17,21)(H,18,19,20). The third-order valence-corrected chi connectivity index (χ3v) is 2.84. The molecule has 2 rings (SSSR count). The highest BCUT2D eigenvalue weighted by Crippen LogP contribution is 2.08. The van der Waals surface area contributed by atoms with E-state index < -0.39 is 0 Å². The first-order valence-electron chi connectivity index (χ1n) is 6.78. The summed E-state index contributed by atoms with van der Waals surface area (Å²) in [6.07, 6.45) is 3.76. The topological polar surface area (TPSA) is 66.9 Å². The van der Waals surface area contributed by atoms with E-state index in [1.165, 1.54) is 18.5 Å². The Balaban J connectivity index is 1.93. The van der Waals surface area contributed by atoms with Gasteiger partial charge in [-0.3, -0.25) is 4.79 Å². The molecule has 0 spiro atoms. The van der Waals surface area contributed by atoms with E-state index in [0.29, 0.717) is 23.6 Å². The molecule has 5 nitrogen and oxygen atoms in total. The highest BCUT2D eigenvalue weighted by Gasteiger charge is 2.06. The number of aromatic nitrogens is 2. The molecule has 1 amide bonds. The molecule has 1 aromatic heterocycles. The maximum Gasteiger partial charge on any atom is 0.254 e. The van der Waals surface area contributed by atoms with Gasteiger partial charge in [0.15, 0.2) is 0 Å². The van der Waals surface area contributed by atoms with Crippen molar-refractivity contribution >= 4 is 11.9 Å². The molecule has 0 saturated carbocycles. The number of hydrogen-bond donors (Lipinski definition) is 2. The molecule has 0 bridgehead atoms. The molecule has 0 radical (unpaired) electrons. The van der Waals surface area contributed by atoms with Gasteiger partial charge in [-0.1, -0.05) is 25.1 Å². The largest absolute Gasteiger partial charge is 0.352 e. The van der Waals surface area contributed by atoms with Crippen LogP contribution >= 0.6 is 0 Å². The number of carbonyl (C=O) groups is 1. The van der Waals surface area contributed by atoms with Gasteiger partial charge in [-0.25, -0.2) is 14.4 Å². The molecular formula is C15H17FN4O. The summed E-state index contributed by atoms with van der Waals surface area (Å²) < 4.78 is 13.4. The number of carbonyl (C=O) groups excluding carboxylic acids is 1. The smallest absolute Gasteiger partial charge is 0.254 e. The summed E-state index contributed by atoms with van der Waals surface area (Å²) in [5.41, 5.74) is 0.936. The number of nitrogens with one attached hydrogen (secondary N) is 2. The highest BCUT2D eigenvalue weighted by atomic mass is 19.1. The van der Waals surface area contributed by atoms with E-state index in [1.54, 1.807) is 18.2 Å². The van der Waals surface area contributed by atoms with Crippen LogP contribution in [-0.2, 0) is 6.54 Å². The van der Waals surface area contributed by atoms with Gasteiger partial charge in [-0.15, -0.1) is 0 Å². The molecule has 0 unspecified atom stereocenters. The Morgan fingerprint density at radius 1 is 1.24 bits per heavy atom. The van der Waals surface area contributed by atoms with E-state index in [-0.39, 0.29) is 18.3 Å². The molecule has 0 aliphatic carbocycles. The number of halogens is 1. The first kappa shape index (κ1) is 14.9. The average molecular weight is 288 g/mol. The molecule has 0 atom stereocenters. The van der Waals surface area contributed by atoms with Crippen LogP contribution in [0.3, 0.4) is 0 Å². The first-order valence-corrected chi connectivity index (χ1v) is 6.78. The minimum absolute atomic E-state index is 0.197. The van der Waals surface area contributed by atoms with Crippen LogP contribution in [0.4, 0.5) is 10.3 Å². The van der Waals surface area contributed by atoms with E-state index in [4.69, 9.17) is 0 Å². The zero-order valence-electron chi connectivity index (χ0n) is 11.8. The fourth-order valence-corrected chi connectivity index (χ4v) is 1.69. The lowest BCUT2D eigenvalue weighted by molar-refractivity contribution is 0.0953.